The molecule has 0 spiro atoms. The van der Waals surface area contributed by atoms with E-state index in [0.29, 0.717) is 48.7 Å². The Hall–Kier alpha value is -6.18. The number of hydrogen-bond donors (Lipinski definition) is 0. The van der Waals surface area contributed by atoms with Gasteiger partial charge in [0.05, 0.1) is 0 Å². The number of amides is 4. The third-order valence-corrected chi connectivity index (χ3v) is 11.3. The van der Waals surface area contributed by atoms with Crippen LogP contribution in [0.2, 0.25) is 0 Å². The van der Waals surface area contributed by atoms with E-state index in [1.54, 1.807) is 0 Å². The Morgan fingerprint density at radius 1 is 0.582 bits per heavy atom. The van der Waals surface area contributed by atoms with Gasteiger partial charge < -0.3 is 13.9 Å². The van der Waals surface area contributed by atoms with Gasteiger partial charge in [-0.05, 0) is 59.8 Å². The highest BCUT2D eigenvalue weighted by atomic mass is 16.6. The molecule has 278 valence electrons. The van der Waals surface area contributed by atoms with E-state index in [4.69, 9.17) is 13.9 Å². The Kier molecular flexibility index (Phi) is 8.74. The second-order valence-corrected chi connectivity index (χ2v) is 14.4. The predicted octanol–water partition coefficient (Wildman–Crippen LogP) is 6.82. The van der Waals surface area contributed by atoms with E-state index in [2.05, 4.69) is 10.2 Å². The molecule has 0 aliphatic carbocycles. The summed E-state index contributed by atoms with van der Waals surface area (Å²) >= 11 is 0. The number of carbonyl (C=O) groups is 4. The van der Waals surface area contributed by atoms with Gasteiger partial charge >= 0.3 is 36.0 Å². The molecule has 2 saturated heterocycles. The van der Waals surface area contributed by atoms with Gasteiger partial charge in [0.25, 0.3) is 0 Å². The molecule has 6 aliphatic rings. The maximum atomic E-state index is 15.1. The van der Waals surface area contributed by atoms with E-state index in [1.807, 2.05) is 109 Å². The molecule has 0 radical (unpaired) electrons. The topological polar surface area (TPSA) is 132 Å². The normalized spacial score (nSPS) is 22.5. The molecule has 6 aliphatic heterocycles. The monoisotopic (exact) mass is 740 g/mol. The van der Waals surface area contributed by atoms with Gasteiger partial charge in [-0.15, -0.1) is 8.97 Å². The van der Waals surface area contributed by atoms with E-state index in [0.717, 1.165) is 36.8 Å². The number of quaternary nitrogens is 2. The van der Waals surface area contributed by atoms with E-state index in [1.165, 1.54) is 9.80 Å². The summed E-state index contributed by atoms with van der Waals surface area (Å²) in [4.78, 5) is 60.4. The van der Waals surface area contributed by atoms with Crippen molar-refractivity contribution in [3.8, 4) is 0 Å². The van der Waals surface area contributed by atoms with Crippen molar-refractivity contribution in [3.05, 3.63) is 143 Å². The number of piperidine rings is 2. The number of benzene rings is 2. The Labute approximate surface area is 317 Å². The molecule has 0 unspecified atom stereocenters. The van der Waals surface area contributed by atoms with Crippen LogP contribution < -0.4 is 8.97 Å². The van der Waals surface area contributed by atoms with Crippen molar-refractivity contribution >= 4 is 36.0 Å². The van der Waals surface area contributed by atoms with E-state index in [-0.39, 0.29) is 37.1 Å². The van der Waals surface area contributed by atoms with Crippen molar-refractivity contribution in [2.45, 2.75) is 63.8 Å². The van der Waals surface area contributed by atoms with Gasteiger partial charge in [0.1, 0.15) is 13.2 Å². The van der Waals surface area contributed by atoms with Crippen molar-refractivity contribution < 1.29 is 33.1 Å². The van der Waals surface area contributed by atoms with Crippen LogP contribution in [0.1, 0.15) is 49.7 Å². The molecule has 9 rings (SSSR count). The summed E-state index contributed by atoms with van der Waals surface area (Å²) in [6, 6.07) is 17.1. The van der Waals surface area contributed by atoms with Gasteiger partial charge in [-0.2, -0.15) is 0 Å². The van der Waals surface area contributed by atoms with Crippen molar-refractivity contribution in [2.75, 3.05) is 13.1 Å². The lowest BCUT2D eigenvalue weighted by Crippen LogP contribution is -2.60. The van der Waals surface area contributed by atoms with Crippen molar-refractivity contribution in [2.24, 2.45) is 0 Å². The fourth-order valence-corrected chi connectivity index (χ4v) is 8.58. The minimum absolute atomic E-state index is 0.0382. The average molecular weight is 741 g/mol. The predicted molar refractivity (Wildman–Crippen MR) is 200 cm³/mol. The molecule has 1 aromatic heterocycles. The summed E-state index contributed by atoms with van der Waals surface area (Å²) in [5.74, 6) is -0.657. The van der Waals surface area contributed by atoms with E-state index >= 15 is 9.59 Å². The van der Waals surface area contributed by atoms with Crippen molar-refractivity contribution in [1.29, 1.82) is 0 Å². The smallest absolute Gasteiger partial charge is 0.445 e. The Bertz CT molecular complexity index is 2050. The van der Waals surface area contributed by atoms with Gasteiger partial charge in [0, 0.05) is 61.7 Å². The van der Waals surface area contributed by atoms with Crippen molar-refractivity contribution in [1.82, 2.24) is 29.0 Å². The number of nitrogens with zero attached hydrogens (tertiary/aromatic N) is 6. The molecule has 2 fully saturated rings. The maximum absolute atomic E-state index is 15.1. The van der Waals surface area contributed by atoms with Crippen LogP contribution in [-0.2, 0) is 32.3 Å². The number of carbonyl (C=O) groups excluding carboxylic acids is 4. The van der Waals surface area contributed by atoms with Crippen LogP contribution in [0, 0.1) is 0 Å². The molecule has 4 amide bonds. The zero-order valence-corrected chi connectivity index (χ0v) is 30.2. The fourth-order valence-electron chi connectivity index (χ4n) is 8.58. The third-order valence-electron chi connectivity index (χ3n) is 11.3. The van der Waals surface area contributed by atoms with Gasteiger partial charge in [-0.3, -0.25) is 9.80 Å². The zero-order valence-electron chi connectivity index (χ0n) is 30.2. The second-order valence-electron chi connectivity index (χ2n) is 14.4. The minimum atomic E-state index is -0.838. The molecular formula is C42H40N6O7+2. The van der Waals surface area contributed by atoms with Crippen molar-refractivity contribution in [3.63, 3.8) is 0 Å². The number of ether oxygens (including phenoxy) is 2. The van der Waals surface area contributed by atoms with Crippen LogP contribution in [0.15, 0.2) is 136 Å². The third kappa shape index (κ3) is 5.52. The summed E-state index contributed by atoms with van der Waals surface area (Å²) in [6.07, 6.45) is 17.4. The summed E-state index contributed by atoms with van der Waals surface area (Å²) < 4.78 is 17.0. The van der Waals surface area contributed by atoms with Gasteiger partial charge in [-0.1, -0.05) is 60.7 Å². The molecule has 4 bridgehead atoms. The standard InChI is InChI=1S/C42H40N6O7/c49-37(35-15-7-9-25-45(35)41(51)53-27-29-11-3-1-4-12-29)47(31-17-18-32(47)20-19-31)39-43-44-40(55-39)48(33-21-22-34(48)24-23-33)38(50)36-16-8-10-26-46(36)42(52)54-28-30-13-5-2-6-14-30/h1-6,11-14,17-24,35-36H,7-10,15-16,25-28H2/q+2/t35-,36-/m1/s1. The Morgan fingerprint density at radius 3 is 1.33 bits per heavy atom. The molecule has 2 atom stereocenters. The molecule has 0 saturated carbocycles. The number of hydrogen-bond acceptors (Lipinski definition) is 9. The summed E-state index contributed by atoms with van der Waals surface area (Å²) in [5, 5.41) is 9.05. The van der Waals surface area contributed by atoms with Crippen LogP contribution in [0.4, 0.5) is 21.6 Å². The Balaban J connectivity index is 1.03. The highest BCUT2D eigenvalue weighted by Gasteiger charge is 2.63. The van der Waals surface area contributed by atoms with Crippen LogP contribution in [0.25, 0.3) is 0 Å². The number of fused-ring (bicyclic) bond motifs is 4. The first-order valence-corrected chi connectivity index (χ1v) is 18.8. The Morgan fingerprint density at radius 2 is 0.964 bits per heavy atom. The highest BCUT2D eigenvalue weighted by molar-refractivity contribution is 6.02. The van der Waals surface area contributed by atoms with E-state index < -0.39 is 33.2 Å². The molecule has 13 nitrogen and oxygen atoms in total. The summed E-state index contributed by atoms with van der Waals surface area (Å²) in [7, 11) is 0. The number of rotatable bonds is 8. The molecule has 55 heavy (non-hydrogen) atoms. The van der Waals surface area contributed by atoms with Crippen LogP contribution >= 0.6 is 0 Å². The molecule has 0 N–H and O–H groups in total. The van der Waals surface area contributed by atoms with Gasteiger partial charge in [0.2, 0.25) is 0 Å². The zero-order chi connectivity index (χ0) is 37.6. The lowest BCUT2D eigenvalue weighted by atomic mass is 10.00. The molecular weight excluding hydrogens is 700 g/mol. The number of likely N-dealkylation sites (tertiary alicyclic amines) is 2. The summed E-state index contributed by atoms with van der Waals surface area (Å²) in [6.45, 7) is 0.884. The highest BCUT2D eigenvalue weighted by Crippen LogP contribution is 2.50. The first kappa shape index (κ1) is 34.6. The number of aromatic nitrogens is 2. The molecule has 13 heteroatoms. The number of allylic oxidation sites excluding steroid dienone is 8. The molecule has 7 heterocycles. The SMILES string of the molecule is O=C(OCc1ccccc1)N1CCCC[C@@H]1C(=O)[N+]1(c2nnc([N+]3(C(=O)[C@H]4CCCCN4C(=O)OCc4ccccc4)C4=CC=C3C=C4)o2)C2=CC=C1C=C2. The summed E-state index contributed by atoms with van der Waals surface area (Å²) in [5.41, 5.74) is 4.07. The quantitative estimate of drug-likeness (QED) is 0.228. The maximum Gasteiger partial charge on any atom is 0.447 e. The minimum Gasteiger partial charge on any atom is -0.445 e. The molecule has 2 aromatic carbocycles. The van der Waals surface area contributed by atoms with Crippen LogP contribution in [-0.4, -0.2) is 69.2 Å². The first-order chi connectivity index (χ1) is 26.9. The molecule has 3 aromatic rings. The van der Waals surface area contributed by atoms with Gasteiger partial charge in [-0.25, -0.2) is 19.2 Å². The first-order valence-electron chi connectivity index (χ1n) is 18.8. The van der Waals surface area contributed by atoms with Gasteiger partial charge in [0.15, 0.2) is 34.9 Å². The lowest BCUT2D eigenvalue weighted by Gasteiger charge is -2.37. The fraction of sp³-hybridized carbons (Fsp3) is 0.286. The largest absolute Gasteiger partial charge is 0.447 e. The van der Waals surface area contributed by atoms with Crippen LogP contribution in [0.3, 0.4) is 0 Å². The lowest BCUT2D eigenvalue weighted by molar-refractivity contribution is -0.133. The average Bonchev–Trinajstić information content (AvgIpc) is 4.09. The van der Waals surface area contributed by atoms with Crippen LogP contribution in [0.5, 0.6) is 0 Å². The second kappa shape index (κ2) is 13.9. The van der Waals surface area contributed by atoms with E-state index in [9.17, 15) is 9.59 Å².